The standard InChI is InChI=1S/C8H12.CH4O.Ru/c1-2-4-6-8-7-5-3-1;1-2;/h1-2,7-8H,3-6H2;2H,1H3;. The van der Waals surface area contributed by atoms with Crippen molar-refractivity contribution in [1.29, 1.82) is 0 Å². The van der Waals surface area contributed by atoms with Gasteiger partial charge in [0.05, 0.1) is 0 Å². The molecule has 11 heavy (non-hydrogen) atoms. The Hall–Kier alpha value is 0.0634. The third kappa shape index (κ3) is 10.1. The van der Waals surface area contributed by atoms with Gasteiger partial charge in [-0.05, 0) is 25.7 Å². The van der Waals surface area contributed by atoms with E-state index in [1.165, 1.54) is 25.7 Å². The molecule has 0 amide bonds. The Morgan fingerprint density at radius 1 is 0.727 bits per heavy atom. The molecule has 0 heterocycles. The first-order valence-electron chi connectivity index (χ1n) is 3.75. The van der Waals surface area contributed by atoms with Crippen molar-refractivity contribution in [2.45, 2.75) is 25.7 Å². The minimum absolute atomic E-state index is 0. The summed E-state index contributed by atoms with van der Waals surface area (Å²) < 4.78 is 0. The molecule has 66 valence electrons. The molecule has 0 spiro atoms. The Labute approximate surface area is 82.0 Å². The molecule has 1 aliphatic carbocycles. The molecule has 1 aliphatic rings. The third-order valence-electron chi connectivity index (χ3n) is 1.33. The van der Waals surface area contributed by atoms with Crippen molar-refractivity contribution in [3.05, 3.63) is 24.3 Å². The Bertz CT molecular complexity index is 82.1. The van der Waals surface area contributed by atoms with Gasteiger partial charge in [0.1, 0.15) is 0 Å². The van der Waals surface area contributed by atoms with E-state index in [2.05, 4.69) is 24.3 Å². The summed E-state index contributed by atoms with van der Waals surface area (Å²) in [5.41, 5.74) is 0. The molecule has 2 heteroatoms. The van der Waals surface area contributed by atoms with Gasteiger partial charge in [0, 0.05) is 26.6 Å². The normalized spacial score (nSPS) is 15.1. The summed E-state index contributed by atoms with van der Waals surface area (Å²) in [4.78, 5) is 0. The van der Waals surface area contributed by atoms with Crippen LogP contribution in [0.25, 0.3) is 0 Å². The van der Waals surface area contributed by atoms with Crippen LogP contribution < -0.4 is 0 Å². The second kappa shape index (κ2) is 12.7. The molecular weight excluding hydrogens is 225 g/mol. The van der Waals surface area contributed by atoms with E-state index in [9.17, 15) is 0 Å². The van der Waals surface area contributed by atoms with E-state index in [4.69, 9.17) is 5.11 Å². The summed E-state index contributed by atoms with van der Waals surface area (Å²) in [5.74, 6) is 0. The Balaban J connectivity index is 0. The van der Waals surface area contributed by atoms with Crippen LogP contribution >= 0.6 is 0 Å². The van der Waals surface area contributed by atoms with Gasteiger partial charge in [0.25, 0.3) is 0 Å². The van der Waals surface area contributed by atoms with Crippen LogP contribution in [0.15, 0.2) is 24.3 Å². The summed E-state index contributed by atoms with van der Waals surface area (Å²) in [6.07, 6.45) is 14.0. The molecule has 0 atom stereocenters. The quantitative estimate of drug-likeness (QED) is 0.509. The maximum Gasteiger partial charge on any atom is 0.0319 e. The van der Waals surface area contributed by atoms with Crippen LogP contribution in [0, 0.1) is 0 Å². The van der Waals surface area contributed by atoms with Crippen LogP contribution in [0.1, 0.15) is 25.7 Å². The second-order valence-corrected chi connectivity index (χ2v) is 2.10. The SMILES string of the molecule is C1=CCCC=CCC1.CO.[Ru]. The van der Waals surface area contributed by atoms with E-state index >= 15 is 0 Å². The van der Waals surface area contributed by atoms with Gasteiger partial charge < -0.3 is 5.11 Å². The van der Waals surface area contributed by atoms with E-state index in [0.29, 0.717) is 0 Å². The van der Waals surface area contributed by atoms with E-state index in [-0.39, 0.29) is 19.5 Å². The van der Waals surface area contributed by atoms with Crippen molar-refractivity contribution in [2.75, 3.05) is 7.11 Å². The Kier molecular flexibility index (Phi) is 15.8. The molecule has 1 nitrogen and oxygen atoms in total. The fourth-order valence-corrected chi connectivity index (χ4v) is 0.856. The Morgan fingerprint density at radius 3 is 1.09 bits per heavy atom. The summed E-state index contributed by atoms with van der Waals surface area (Å²) in [6, 6.07) is 0. The number of hydrogen-bond donors (Lipinski definition) is 1. The van der Waals surface area contributed by atoms with Crippen molar-refractivity contribution in [1.82, 2.24) is 0 Å². The summed E-state index contributed by atoms with van der Waals surface area (Å²) in [6.45, 7) is 0. The van der Waals surface area contributed by atoms with Gasteiger partial charge in [-0.1, -0.05) is 24.3 Å². The van der Waals surface area contributed by atoms with Crippen molar-refractivity contribution in [3.8, 4) is 0 Å². The Morgan fingerprint density at radius 2 is 0.909 bits per heavy atom. The number of rotatable bonds is 0. The molecule has 0 bridgehead atoms. The van der Waals surface area contributed by atoms with E-state index in [0.717, 1.165) is 7.11 Å². The largest absolute Gasteiger partial charge is 0.400 e. The number of allylic oxidation sites excluding steroid dienone is 4. The molecule has 0 aliphatic heterocycles. The molecule has 1 rings (SSSR count). The number of aliphatic hydroxyl groups excluding tert-OH is 1. The zero-order valence-corrected chi connectivity index (χ0v) is 8.68. The van der Waals surface area contributed by atoms with Crippen molar-refractivity contribution >= 4 is 0 Å². The van der Waals surface area contributed by atoms with Crippen LogP contribution in [0.2, 0.25) is 0 Å². The molecule has 1 N–H and O–H groups in total. The van der Waals surface area contributed by atoms with Crippen LogP contribution in [-0.4, -0.2) is 12.2 Å². The van der Waals surface area contributed by atoms with Gasteiger partial charge in [-0.3, -0.25) is 0 Å². The third-order valence-corrected chi connectivity index (χ3v) is 1.33. The van der Waals surface area contributed by atoms with Gasteiger partial charge in [0.2, 0.25) is 0 Å². The molecule has 0 aromatic heterocycles. The van der Waals surface area contributed by atoms with Crippen LogP contribution in [0.4, 0.5) is 0 Å². The maximum atomic E-state index is 7.00. The predicted molar refractivity (Wildman–Crippen MR) is 44.9 cm³/mol. The summed E-state index contributed by atoms with van der Waals surface area (Å²) in [5, 5.41) is 7.00. The minimum atomic E-state index is 0. The molecular formula is C9H16ORu. The zero-order valence-electron chi connectivity index (χ0n) is 6.94. The molecule has 0 fully saturated rings. The van der Waals surface area contributed by atoms with Gasteiger partial charge >= 0.3 is 0 Å². The van der Waals surface area contributed by atoms with Gasteiger partial charge in [-0.2, -0.15) is 0 Å². The van der Waals surface area contributed by atoms with Crippen molar-refractivity contribution in [3.63, 3.8) is 0 Å². The molecule has 0 saturated heterocycles. The fraction of sp³-hybridized carbons (Fsp3) is 0.556. The molecule has 0 unspecified atom stereocenters. The number of aliphatic hydroxyl groups is 1. The first-order valence-corrected chi connectivity index (χ1v) is 3.75. The van der Waals surface area contributed by atoms with Crippen LogP contribution in [0.5, 0.6) is 0 Å². The first kappa shape index (κ1) is 13.6. The smallest absolute Gasteiger partial charge is 0.0319 e. The van der Waals surface area contributed by atoms with E-state index < -0.39 is 0 Å². The minimum Gasteiger partial charge on any atom is -0.400 e. The maximum absolute atomic E-state index is 7.00. The van der Waals surface area contributed by atoms with Crippen molar-refractivity contribution < 1.29 is 24.6 Å². The average Bonchev–Trinajstić information content (AvgIpc) is 1.90. The van der Waals surface area contributed by atoms with Gasteiger partial charge in [0.15, 0.2) is 0 Å². The monoisotopic (exact) mass is 242 g/mol. The molecule has 0 aromatic carbocycles. The topological polar surface area (TPSA) is 20.2 Å². The zero-order chi connectivity index (χ0) is 7.66. The number of hydrogen-bond acceptors (Lipinski definition) is 1. The summed E-state index contributed by atoms with van der Waals surface area (Å²) in [7, 11) is 1.00. The molecule has 0 saturated carbocycles. The second-order valence-electron chi connectivity index (χ2n) is 2.10. The molecule has 0 radical (unpaired) electrons. The van der Waals surface area contributed by atoms with Crippen molar-refractivity contribution in [2.24, 2.45) is 0 Å². The summed E-state index contributed by atoms with van der Waals surface area (Å²) >= 11 is 0. The van der Waals surface area contributed by atoms with Gasteiger partial charge in [-0.25, -0.2) is 0 Å². The van der Waals surface area contributed by atoms with E-state index in [1.807, 2.05) is 0 Å². The van der Waals surface area contributed by atoms with Crippen LogP contribution in [-0.2, 0) is 19.5 Å². The first-order chi connectivity index (χ1) is 5.00. The molecule has 0 aromatic rings. The average molecular weight is 241 g/mol. The van der Waals surface area contributed by atoms with Crippen LogP contribution in [0.3, 0.4) is 0 Å². The van der Waals surface area contributed by atoms with E-state index in [1.54, 1.807) is 0 Å². The van der Waals surface area contributed by atoms with Gasteiger partial charge in [-0.15, -0.1) is 0 Å². The fourth-order valence-electron chi connectivity index (χ4n) is 0.856. The predicted octanol–water partition coefficient (Wildman–Crippen LogP) is 2.28.